The zero-order valence-corrected chi connectivity index (χ0v) is 11.0. The molecule has 1 heterocycles. The zero-order chi connectivity index (χ0) is 12.8. The van der Waals surface area contributed by atoms with Crippen LogP contribution in [-0.2, 0) is 0 Å². The van der Waals surface area contributed by atoms with Crippen LogP contribution in [0.4, 0.5) is 0 Å². The van der Waals surface area contributed by atoms with Gasteiger partial charge < -0.3 is 5.32 Å². The van der Waals surface area contributed by atoms with Crippen LogP contribution in [0.5, 0.6) is 0 Å². The first-order valence-corrected chi connectivity index (χ1v) is 6.58. The third kappa shape index (κ3) is 3.36. The first kappa shape index (κ1) is 12.7. The molecule has 18 heavy (non-hydrogen) atoms. The highest BCUT2D eigenvalue weighted by Gasteiger charge is 2.03. The Labute approximate surface area is 115 Å². The minimum Gasteiger partial charge on any atom is -0.340 e. The number of hydrogen-bond donors (Lipinski definition) is 1. The average molecular weight is 276 g/mol. The van der Waals surface area contributed by atoms with Gasteiger partial charge in [-0.15, -0.1) is 11.3 Å². The lowest BCUT2D eigenvalue weighted by atomic mass is 10.2. The number of halogens is 1. The minimum absolute atomic E-state index is 0.0986. The van der Waals surface area contributed by atoms with E-state index < -0.39 is 0 Å². The second kappa shape index (κ2) is 6.25. The quantitative estimate of drug-likeness (QED) is 0.838. The maximum Gasteiger partial charge on any atom is 0.262 e. The summed E-state index contributed by atoms with van der Waals surface area (Å²) in [6.45, 7) is 0.307. The Bertz CT molecular complexity index is 596. The molecule has 0 unspecified atom stereocenters. The van der Waals surface area contributed by atoms with Gasteiger partial charge in [0.2, 0.25) is 0 Å². The number of carbonyl (C=O) groups excluding carboxylic acids is 1. The summed E-state index contributed by atoms with van der Waals surface area (Å²) in [7, 11) is 0. The Kier molecular flexibility index (Phi) is 4.40. The smallest absolute Gasteiger partial charge is 0.262 e. The number of thiophene rings is 1. The summed E-state index contributed by atoms with van der Waals surface area (Å²) in [6.07, 6.45) is 0. The molecule has 0 aliphatic carbocycles. The molecule has 0 saturated carbocycles. The number of hydrogen-bond acceptors (Lipinski definition) is 2. The Balaban J connectivity index is 1.90. The molecule has 0 radical (unpaired) electrons. The molecule has 0 saturated heterocycles. The number of amides is 1. The monoisotopic (exact) mass is 275 g/mol. The van der Waals surface area contributed by atoms with Crippen LogP contribution < -0.4 is 5.32 Å². The summed E-state index contributed by atoms with van der Waals surface area (Å²) in [5.41, 5.74) is 0.768. The molecule has 4 heteroatoms. The van der Waals surface area contributed by atoms with Gasteiger partial charge in [0.15, 0.2) is 0 Å². The SMILES string of the molecule is O=C(NCC#Cc1ccccc1Cl)c1cccs1. The molecule has 2 aromatic rings. The highest BCUT2D eigenvalue weighted by Crippen LogP contribution is 2.12. The first-order valence-electron chi connectivity index (χ1n) is 5.32. The predicted octanol–water partition coefficient (Wildman–Crippen LogP) is 3.18. The lowest BCUT2D eigenvalue weighted by Gasteiger charge is -1.97. The van der Waals surface area contributed by atoms with E-state index in [1.807, 2.05) is 29.6 Å². The van der Waals surface area contributed by atoms with Crippen molar-refractivity contribution in [3.05, 3.63) is 57.2 Å². The van der Waals surface area contributed by atoms with Gasteiger partial charge in [-0.25, -0.2) is 0 Å². The topological polar surface area (TPSA) is 29.1 Å². The first-order chi connectivity index (χ1) is 8.77. The van der Waals surface area contributed by atoms with Crippen LogP contribution in [0.3, 0.4) is 0 Å². The van der Waals surface area contributed by atoms with E-state index >= 15 is 0 Å². The van der Waals surface area contributed by atoms with Gasteiger partial charge in [0, 0.05) is 5.56 Å². The summed E-state index contributed by atoms with van der Waals surface area (Å²) in [4.78, 5) is 12.3. The normalized spacial score (nSPS) is 9.39. The van der Waals surface area contributed by atoms with Crippen molar-refractivity contribution in [2.75, 3.05) is 6.54 Å². The van der Waals surface area contributed by atoms with Crippen LogP contribution in [0.25, 0.3) is 0 Å². The van der Waals surface area contributed by atoms with Crippen molar-refractivity contribution in [2.24, 2.45) is 0 Å². The number of rotatable bonds is 2. The van der Waals surface area contributed by atoms with E-state index in [1.54, 1.807) is 12.1 Å². The standard InChI is InChI=1S/C14H10ClNOS/c15-12-7-2-1-5-11(12)6-3-9-16-14(17)13-8-4-10-18-13/h1-2,4-5,7-8,10H,9H2,(H,16,17). The third-order valence-electron chi connectivity index (χ3n) is 2.18. The molecule has 0 spiro atoms. The summed E-state index contributed by atoms with van der Waals surface area (Å²) < 4.78 is 0. The molecule has 2 rings (SSSR count). The van der Waals surface area contributed by atoms with Gasteiger partial charge in [-0.05, 0) is 23.6 Å². The molecule has 0 atom stereocenters. The van der Waals surface area contributed by atoms with Gasteiger partial charge in [-0.1, -0.05) is 41.6 Å². The number of nitrogens with one attached hydrogen (secondary N) is 1. The Morgan fingerprint density at radius 1 is 1.28 bits per heavy atom. The van der Waals surface area contributed by atoms with Crippen molar-refractivity contribution < 1.29 is 4.79 Å². The number of carbonyl (C=O) groups is 1. The lowest BCUT2D eigenvalue weighted by molar-refractivity contribution is 0.0962. The van der Waals surface area contributed by atoms with Crippen LogP contribution >= 0.6 is 22.9 Å². The van der Waals surface area contributed by atoms with Crippen molar-refractivity contribution in [1.82, 2.24) is 5.32 Å². The van der Waals surface area contributed by atoms with Crippen LogP contribution in [0.1, 0.15) is 15.2 Å². The Morgan fingerprint density at radius 2 is 2.11 bits per heavy atom. The molecule has 0 fully saturated rings. The average Bonchev–Trinajstić information content (AvgIpc) is 2.90. The Hall–Kier alpha value is -1.76. The van der Waals surface area contributed by atoms with E-state index in [9.17, 15) is 4.79 Å². The van der Waals surface area contributed by atoms with E-state index in [-0.39, 0.29) is 5.91 Å². The molecule has 1 aromatic carbocycles. The van der Waals surface area contributed by atoms with Crippen molar-refractivity contribution in [3.63, 3.8) is 0 Å². The molecule has 0 bridgehead atoms. The fourth-order valence-corrected chi connectivity index (χ4v) is 2.14. The molecule has 1 aromatic heterocycles. The van der Waals surface area contributed by atoms with Crippen molar-refractivity contribution in [3.8, 4) is 11.8 Å². The van der Waals surface area contributed by atoms with Gasteiger partial charge >= 0.3 is 0 Å². The molecule has 1 N–H and O–H groups in total. The predicted molar refractivity (Wildman–Crippen MR) is 75.0 cm³/mol. The summed E-state index contributed by atoms with van der Waals surface area (Å²) >= 11 is 7.37. The molecule has 90 valence electrons. The lowest BCUT2D eigenvalue weighted by Crippen LogP contribution is -2.22. The fraction of sp³-hybridized carbons (Fsp3) is 0.0714. The summed E-state index contributed by atoms with van der Waals surface area (Å²) in [5.74, 6) is 5.70. The summed E-state index contributed by atoms with van der Waals surface area (Å²) in [5, 5.41) is 5.21. The maximum atomic E-state index is 11.6. The van der Waals surface area contributed by atoms with E-state index in [0.29, 0.717) is 16.4 Å². The van der Waals surface area contributed by atoms with E-state index in [2.05, 4.69) is 17.2 Å². The van der Waals surface area contributed by atoms with Crippen LogP contribution in [0.2, 0.25) is 5.02 Å². The second-order valence-corrected chi connectivity index (χ2v) is 4.80. The highest BCUT2D eigenvalue weighted by atomic mass is 35.5. The van der Waals surface area contributed by atoms with Gasteiger partial charge in [0.05, 0.1) is 16.4 Å². The highest BCUT2D eigenvalue weighted by molar-refractivity contribution is 7.12. The van der Waals surface area contributed by atoms with Gasteiger partial charge in [0.25, 0.3) is 5.91 Å². The molecule has 2 nitrogen and oxygen atoms in total. The second-order valence-electron chi connectivity index (χ2n) is 3.44. The van der Waals surface area contributed by atoms with E-state index in [0.717, 1.165) is 5.56 Å². The van der Waals surface area contributed by atoms with Crippen molar-refractivity contribution >= 4 is 28.8 Å². The van der Waals surface area contributed by atoms with Gasteiger partial charge in [-0.2, -0.15) is 0 Å². The zero-order valence-electron chi connectivity index (χ0n) is 9.44. The largest absolute Gasteiger partial charge is 0.340 e. The van der Waals surface area contributed by atoms with E-state index in [1.165, 1.54) is 11.3 Å². The third-order valence-corrected chi connectivity index (χ3v) is 3.38. The fourth-order valence-electron chi connectivity index (χ4n) is 1.32. The number of benzene rings is 1. The van der Waals surface area contributed by atoms with Gasteiger partial charge in [-0.3, -0.25) is 4.79 Å². The Morgan fingerprint density at radius 3 is 2.83 bits per heavy atom. The summed E-state index contributed by atoms with van der Waals surface area (Å²) in [6, 6.07) is 11.0. The van der Waals surface area contributed by atoms with E-state index in [4.69, 9.17) is 11.6 Å². The van der Waals surface area contributed by atoms with Crippen molar-refractivity contribution in [1.29, 1.82) is 0 Å². The molecule has 0 aliphatic heterocycles. The van der Waals surface area contributed by atoms with Crippen LogP contribution in [-0.4, -0.2) is 12.5 Å². The molecule has 0 aliphatic rings. The van der Waals surface area contributed by atoms with Gasteiger partial charge in [0.1, 0.15) is 0 Å². The molecule has 1 amide bonds. The maximum absolute atomic E-state index is 11.6. The molecular formula is C14H10ClNOS. The van der Waals surface area contributed by atoms with Crippen LogP contribution in [0, 0.1) is 11.8 Å². The molecular weight excluding hydrogens is 266 g/mol. The minimum atomic E-state index is -0.0986. The van der Waals surface area contributed by atoms with Crippen molar-refractivity contribution in [2.45, 2.75) is 0 Å². The van der Waals surface area contributed by atoms with Crippen LogP contribution in [0.15, 0.2) is 41.8 Å².